The number of aromatic nitrogens is 2. The zero-order chi connectivity index (χ0) is 14.5. The first-order chi connectivity index (χ1) is 9.60. The van der Waals surface area contributed by atoms with Crippen LogP contribution in [0.4, 0.5) is 11.6 Å². The van der Waals surface area contributed by atoms with E-state index in [0.29, 0.717) is 5.92 Å². The molecular formula is C15H27N5. The molecule has 1 unspecified atom stereocenters. The third kappa shape index (κ3) is 3.82. The Balaban J connectivity index is 2.01. The highest BCUT2D eigenvalue weighted by atomic mass is 15.1. The van der Waals surface area contributed by atoms with Crippen LogP contribution in [0.25, 0.3) is 0 Å². The summed E-state index contributed by atoms with van der Waals surface area (Å²) in [5.41, 5.74) is 1.11. The van der Waals surface area contributed by atoms with Crippen molar-refractivity contribution in [1.29, 1.82) is 0 Å². The molecule has 0 spiro atoms. The Labute approximate surface area is 122 Å². The van der Waals surface area contributed by atoms with Crippen molar-refractivity contribution in [2.24, 2.45) is 5.92 Å². The molecule has 1 aromatic rings. The van der Waals surface area contributed by atoms with Crippen LogP contribution in [0.1, 0.15) is 31.2 Å². The highest BCUT2D eigenvalue weighted by molar-refractivity contribution is 5.57. The minimum absolute atomic E-state index is 0.714. The lowest BCUT2D eigenvalue weighted by Crippen LogP contribution is -2.35. The van der Waals surface area contributed by atoms with Crippen molar-refractivity contribution < 1.29 is 0 Å². The van der Waals surface area contributed by atoms with Crippen LogP contribution in [0.3, 0.4) is 0 Å². The van der Waals surface area contributed by atoms with Gasteiger partial charge in [-0.2, -0.15) is 0 Å². The molecule has 0 aromatic carbocycles. The smallest absolute Gasteiger partial charge is 0.134 e. The van der Waals surface area contributed by atoms with Gasteiger partial charge in [-0.15, -0.1) is 0 Å². The van der Waals surface area contributed by atoms with Crippen LogP contribution in [0, 0.1) is 19.8 Å². The van der Waals surface area contributed by atoms with Crippen LogP contribution >= 0.6 is 0 Å². The molecule has 1 aliphatic heterocycles. The van der Waals surface area contributed by atoms with E-state index < -0.39 is 0 Å². The Morgan fingerprint density at radius 1 is 1.20 bits per heavy atom. The topological polar surface area (TPSA) is 53.1 Å². The fourth-order valence-electron chi connectivity index (χ4n) is 2.82. The largest absolute Gasteiger partial charge is 0.370 e. The van der Waals surface area contributed by atoms with E-state index in [1.165, 1.54) is 25.9 Å². The van der Waals surface area contributed by atoms with E-state index in [4.69, 9.17) is 0 Å². The summed E-state index contributed by atoms with van der Waals surface area (Å²) in [6, 6.07) is 0. The van der Waals surface area contributed by atoms with Crippen LogP contribution in [-0.4, -0.2) is 48.1 Å². The van der Waals surface area contributed by atoms with Gasteiger partial charge in [-0.3, -0.25) is 0 Å². The molecule has 2 rings (SSSR count). The number of aryl methyl sites for hydroxylation is 1. The van der Waals surface area contributed by atoms with E-state index in [1.54, 1.807) is 0 Å². The zero-order valence-corrected chi connectivity index (χ0v) is 13.2. The Morgan fingerprint density at radius 3 is 2.55 bits per heavy atom. The third-order valence-electron chi connectivity index (χ3n) is 3.88. The average molecular weight is 277 g/mol. The molecule has 0 aliphatic carbocycles. The fourth-order valence-corrected chi connectivity index (χ4v) is 2.82. The van der Waals surface area contributed by atoms with Gasteiger partial charge in [0.1, 0.15) is 17.5 Å². The van der Waals surface area contributed by atoms with Crippen LogP contribution in [-0.2, 0) is 0 Å². The molecule has 0 bridgehead atoms. The van der Waals surface area contributed by atoms with Crippen LogP contribution in [0.2, 0.25) is 0 Å². The first kappa shape index (κ1) is 15.0. The lowest BCUT2D eigenvalue weighted by Gasteiger charge is -2.30. The van der Waals surface area contributed by atoms with Gasteiger partial charge in [0.05, 0.1) is 0 Å². The van der Waals surface area contributed by atoms with Crippen LogP contribution < -0.4 is 10.6 Å². The summed E-state index contributed by atoms with van der Waals surface area (Å²) in [5.74, 6) is 3.45. The highest BCUT2D eigenvalue weighted by Gasteiger charge is 2.17. The van der Waals surface area contributed by atoms with Crippen LogP contribution in [0.5, 0.6) is 0 Å². The fraction of sp³-hybridized carbons (Fsp3) is 0.733. The van der Waals surface area contributed by atoms with Crippen LogP contribution in [0.15, 0.2) is 0 Å². The molecule has 1 saturated heterocycles. The highest BCUT2D eigenvalue weighted by Crippen LogP contribution is 2.21. The van der Waals surface area contributed by atoms with Crippen molar-refractivity contribution in [1.82, 2.24) is 14.9 Å². The number of nitrogens with one attached hydrogen (secondary N) is 2. The molecule has 0 radical (unpaired) electrons. The van der Waals surface area contributed by atoms with Gasteiger partial charge in [0.2, 0.25) is 0 Å². The molecule has 1 aliphatic rings. The van der Waals surface area contributed by atoms with Gasteiger partial charge < -0.3 is 15.5 Å². The van der Waals surface area contributed by atoms with E-state index in [2.05, 4.69) is 46.4 Å². The van der Waals surface area contributed by atoms with Crippen molar-refractivity contribution in [2.75, 3.05) is 43.9 Å². The molecule has 20 heavy (non-hydrogen) atoms. The Morgan fingerprint density at radius 2 is 1.90 bits per heavy atom. The summed E-state index contributed by atoms with van der Waals surface area (Å²) in [7, 11) is 2.20. The second-order valence-electron chi connectivity index (χ2n) is 5.77. The number of rotatable bonds is 5. The summed E-state index contributed by atoms with van der Waals surface area (Å²) < 4.78 is 0. The molecule has 2 heterocycles. The minimum atomic E-state index is 0.714. The van der Waals surface area contributed by atoms with Crippen molar-refractivity contribution in [3.63, 3.8) is 0 Å². The molecule has 0 amide bonds. The molecule has 5 nitrogen and oxygen atoms in total. The van der Waals surface area contributed by atoms with Gasteiger partial charge in [0.15, 0.2) is 0 Å². The number of hydrogen-bond acceptors (Lipinski definition) is 5. The van der Waals surface area contributed by atoms with Gasteiger partial charge in [0.25, 0.3) is 0 Å². The number of hydrogen-bond donors (Lipinski definition) is 2. The summed E-state index contributed by atoms with van der Waals surface area (Å²) in [6.45, 7) is 10.4. The SMILES string of the molecule is CCNc1nc(C)nc(NCC2CCCN(C)C2)c1C. The molecule has 1 atom stereocenters. The van der Waals surface area contributed by atoms with Gasteiger partial charge in [0, 0.05) is 25.2 Å². The second-order valence-corrected chi connectivity index (χ2v) is 5.77. The van der Waals surface area contributed by atoms with Crippen molar-refractivity contribution in [3.05, 3.63) is 11.4 Å². The Kier molecular flexibility index (Phi) is 5.17. The molecular weight excluding hydrogens is 250 g/mol. The van der Waals surface area contributed by atoms with E-state index >= 15 is 0 Å². The predicted molar refractivity (Wildman–Crippen MR) is 84.4 cm³/mol. The minimum Gasteiger partial charge on any atom is -0.370 e. The monoisotopic (exact) mass is 277 g/mol. The third-order valence-corrected chi connectivity index (χ3v) is 3.88. The van der Waals surface area contributed by atoms with Crippen molar-refractivity contribution >= 4 is 11.6 Å². The summed E-state index contributed by atoms with van der Waals surface area (Å²) in [4.78, 5) is 11.4. The van der Waals surface area contributed by atoms with Gasteiger partial charge in [-0.25, -0.2) is 9.97 Å². The maximum atomic E-state index is 4.54. The van der Waals surface area contributed by atoms with E-state index in [-0.39, 0.29) is 0 Å². The summed E-state index contributed by atoms with van der Waals surface area (Å²) in [5, 5.41) is 6.83. The quantitative estimate of drug-likeness (QED) is 0.865. The van der Waals surface area contributed by atoms with Gasteiger partial charge >= 0.3 is 0 Å². The molecule has 1 aromatic heterocycles. The maximum Gasteiger partial charge on any atom is 0.134 e. The Bertz CT molecular complexity index is 446. The summed E-state index contributed by atoms with van der Waals surface area (Å²) >= 11 is 0. The van der Waals surface area contributed by atoms with E-state index in [9.17, 15) is 0 Å². The second kappa shape index (κ2) is 6.88. The van der Waals surface area contributed by atoms with Crippen molar-refractivity contribution in [2.45, 2.75) is 33.6 Å². The Hall–Kier alpha value is -1.36. The predicted octanol–water partition coefficient (Wildman–Crippen LogP) is 2.28. The van der Waals surface area contributed by atoms with Crippen molar-refractivity contribution in [3.8, 4) is 0 Å². The number of piperidine rings is 1. The van der Waals surface area contributed by atoms with Gasteiger partial charge in [-0.1, -0.05) is 0 Å². The lowest BCUT2D eigenvalue weighted by molar-refractivity contribution is 0.217. The maximum absolute atomic E-state index is 4.54. The molecule has 1 fully saturated rings. The number of nitrogens with zero attached hydrogens (tertiary/aromatic N) is 3. The lowest BCUT2D eigenvalue weighted by atomic mass is 9.98. The van der Waals surface area contributed by atoms with Gasteiger partial charge in [-0.05, 0) is 53.1 Å². The summed E-state index contributed by atoms with van der Waals surface area (Å²) in [6.07, 6.45) is 2.60. The first-order valence-electron chi connectivity index (χ1n) is 7.61. The number of anilines is 2. The normalized spacial score (nSPS) is 19.9. The first-order valence-corrected chi connectivity index (χ1v) is 7.61. The standard InChI is InChI=1S/C15H27N5/c1-5-16-14-11(2)15(19-12(3)18-14)17-9-13-7-6-8-20(4)10-13/h13H,5-10H2,1-4H3,(H2,16,17,18,19). The molecule has 5 heteroatoms. The van der Waals surface area contributed by atoms with E-state index in [0.717, 1.165) is 36.1 Å². The molecule has 112 valence electrons. The average Bonchev–Trinajstić information content (AvgIpc) is 2.41. The zero-order valence-electron chi connectivity index (χ0n) is 13.2. The van der Waals surface area contributed by atoms with E-state index in [1.807, 2.05) is 6.92 Å². The molecule has 0 saturated carbocycles. The number of likely N-dealkylation sites (tertiary alicyclic amines) is 1. The molecule has 2 N–H and O–H groups in total.